The maximum atomic E-state index is 12.6. The molecule has 0 aliphatic carbocycles. The number of benzene rings is 1. The van der Waals surface area contributed by atoms with Crippen LogP contribution in [-0.2, 0) is 6.18 Å². The number of carboxylic acids is 1. The molecule has 0 atom stereocenters. The number of hydrogen-bond acceptors (Lipinski definition) is 3. The standard InChI is InChI=1S/C12H7F3N2O2/c13-12(14,15)8-3-1-2-7(6-8)10-16-5-4-9(17-10)11(18)19/h1-6H,(H,18,19). The van der Waals surface area contributed by atoms with Gasteiger partial charge in [0.15, 0.2) is 11.5 Å². The molecule has 2 aromatic rings. The van der Waals surface area contributed by atoms with Crippen molar-refractivity contribution < 1.29 is 23.1 Å². The number of nitrogens with zero attached hydrogens (tertiary/aromatic N) is 2. The summed E-state index contributed by atoms with van der Waals surface area (Å²) in [4.78, 5) is 18.2. The highest BCUT2D eigenvalue weighted by molar-refractivity contribution is 5.85. The van der Waals surface area contributed by atoms with Crippen molar-refractivity contribution in [2.45, 2.75) is 6.18 Å². The van der Waals surface area contributed by atoms with Crippen molar-refractivity contribution in [3.63, 3.8) is 0 Å². The van der Waals surface area contributed by atoms with Gasteiger partial charge < -0.3 is 5.11 Å². The molecule has 0 unspecified atom stereocenters. The van der Waals surface area contributed by atoms with Crippen molar-refractivity contribution in [2.75, 3.05) is 0 Å². The van der Waals surface area contributed by atoms with Crippen LogP contribution in [0.2, 0.25) is 0 Å². The first-order chi connectivity index (χ1) is 8.88. The Bertz CT molecular complexity index is 626. The zero-order chi connectivity index (χ0) is 14.0. The Morgan fingerprint density at radius 1 is 1.21 bits per heavy atom. The average molecular weight is 268 g/mol. The van der Waals surface area contributed by atoms with Crippen LogP contribution in [0.3, 0.4) is 0 Å². The molecule has 1 aromatic heterocycles. The molecule has 0 aliphatic rings. The van der Waals surface area contributed by atoms with Crippen LogP contribution in [0.15, 0.2) is 36.5 Å². The maximum Gasteiger partial charge on any atom is 0.416 e. The molecule has 1 heterocycles. The van der Waals surface area contributed by atoms with E-state index in [1.807, 2.05) is 0 Å². The van der Waals surface area contributed by atoms with Crippen LogP contribution in [0.4, 0.5) is 13.2 Å². The monoisotopic (exact) mass is 268 g/mol. The number of rotatable bonds is 2. The molecule has 2 rings (SSSR count). The number of alkyl halides is 3. The second-order valence-corrected chi connectivity index (χ2v) is 3.65. The van der Waals surface area contributed by atoms with Gasteiger partial charge in [0.25, 0.3) is 0 Å². The molecular formula is C12H7F3N2O2. The van der Waals surface area contributed by atoms with Gasteiger partial charge in [0.05, 0.1) is 5.56 Å². The van der Waals surface area contributed by atoms with Crippen LogP contribution in [0.25, 0.3) is 11.4 Å². The predicted molar refractivity (Wildman–Crippen MR) is 59.4 cm³/mol. The summed E-state index contributed by atoms with van der Waals surface area (Å²) in [5.41, 5.74) is -1.00. The summed E-state index contributed by atoms with van der Waals surface area (Å²) in [5.74, 6) is -1.33. The van der Waals surface area contributed by atoms with Crippen molar-refractivity contribution in [1.29, 1.82) is 0 Å². The molecule has 0 amide bonds. The highest BCUT2D eigenvalue weighted by Crippen LogP contribution is 2.31. The zero-order valence-corrected chi connectivity index (χ0v) is 9.35. The number of hydrogen-bond donors (Lipinski definition) is 1. The Balaban J connectivity index is 2.48. The third-order valence-electron chi connectivity index (χ3n) is 2.32. The van der Waals surface area contributed by atoms with E-state index < -0.39 is 17.7 Å². The number of carboxylic acid groups (broad SMARTS) is 1. The lowest BCUT2D eigenvalue weighted by Crippen LogP contribution is -2.06. The minimum absolute atomic E-state index is 0.0639. The van der Waals surface area contributed by atoms with Gasteiger partial charge in [-0.15, -0.1) is 0 Å². The molecule has 0 radical (unpaired) electrons. The van der Waals surface area contributed by atoms with Crippen LogP contribution in [0.5, 0.6) is 0 Å². The molecule has 0 saturated heterocycles. The number of carbonyl (C=O) groups is 1. The summed E-state index contributed by atoms with van der Waals surface area (Å²) in [6.07, 6.45) is -3.29. The number of halogens is 3. The Kier molecular flexibility index (Phi) is 3.20. The third kappa shape index (κ3) is 2.87. The largest absolute Gasteiger partial charge is 0.477 e. The molecule has 1 aromatic carbocycles. The van der Waals surface area contributed by atoms with Gasteiger partial charge in [-0.05, 0) is 18.2 Å². The molecular weight excluding hydrogens is 261 g/mol. The second kappa shape index (κ2) is 4.68. The van der Waals surface area contributed by atoms with Gasteiger partial charge in [-0.3, -0.25) is 0 Å². The lowest BCUT2D eigenvalue weighted by atomic mass is 10.1. The topological polar surface area (TPSA) is 63.1 Å². The van der Waals surface area contributed by atoms with Crippen molar-refractivity contribution >= 4 is 5.97 Å². The maximum absolute atomic E-state index is 12.6. The normalized spacial score (nSPS) is 11.3. The Hall–Kier alpha value is -2.44. The van der Waals surface area contributed by atoms with Gasteiger partial charge >= 0.3 is 12.1 Å². The average Bonchev–Trinajstić information content (AvgIpc) is 2.38. The molecule has 19 heavy (non-hydrogen) atoms. The molecule has 0 saturated carbocycles. The molecule has 0 spiro atoms. The van der Waals surface area contributed by atoms with Gasteiger partial charge in [-0.2, -0.15) is 13.2 Å². The van der Waals surface area contributed by atoms with Crippen LogP contribution in [0.1, 0.15) is 16.1 Å². The Morgan fingerprint density at radius 2 is 1.95 bits per heavy atom. The highest BCUT2D eigenvalue weighted by Gasteiger charge is 2.30. The van der Waals surface area contributed by atoms with E-state index in [1.54, 1.807) is 0 Å². The summed E-state index contributed by atoms with van der Waals surface area (Å²) in [6.45, 7) is 0. The fraction of sp³-hybridized carbons (Fsp3) is 0.0833. The van der Waals surface area contributed by atoms with E-state index in [0.717, 1.165) is 12.1 Å². The molecule has 0 fully saturated rings. The molecule has 98 valence electrons. The van der Waals surface area contributed by atoms with Gasteiger partial charge in [0.1, 0.15) is 0 Å². The smallest absolute Gasteiger partial charge is 0.416 e. The van der Waals surface area contributed by atoms with Crippen LogP contribution < -0.4 is 0 Å². The Morgan fingerprint density at radius 3 is 2.58 bits per heavy atom. The molecule has 4 nitrogen and oxygen atoms in total. The summed E-state index contributed by atoms with van der Waals surface area (Å²) in [6, 6.07) is 5.57. The third-order valence-corrected chi connectivity index (χ3v) is 2.32. The van der Waals surface area contributed by atoms with E-state index in [0.29, 0.717) is 0 Å². The molecule has 0 aliphatic heterocycles. The van der Waals surface area contributed by atoms with Crippen molar-refractivity contribution in [3.05, 3.63) is 47.8 Å². The molecule has 7 heteroatoms. The van der Waals surface area contributed by atoms with Gasteiger partial charge in [-0.25, -0.2) is 14.8 Å². The van der Waals surface area contributed by atoms with Gasteiger partial charge in [0.2, 0.25) is 0 Å². The van der Waals surface area contributed by atoms with E-state index in [1.165, 1.54) is 24.4 Å². The summed E-state index contributed by atoms with van der Waals surface area (Å²) >= 11 is 0. The lowest BCUT2D eigenvalue weighted by molar-refractivity contribution is -0.137. The van der Waals surface area contributed by atoms with E-state index in [9.17, 15) is 18.0 Å². The van der Waals surface area contributed by atoms with Crippen LogP contribution >= 0.6 is 0 Å². The van der Waals surface area contributed by atoms with Crippen LogP contribution in [-0.4, -0.2) is 21.0 Å². The fourth-order valence-electron chi connectivity index (χ4n) is 1.45. The molecule has 1 N–H and O–H groups in total. The number of aromatic nitrogens is 2. The fourth-order valence-corrected chi connectivity index (χ4v) is 1.45. The first-order valence-electron chi connectivity index (χ1n) is 5.12. The SMILES string of the molecule is O=C(O)c1ccnc(-c2cccc(C(F)(F)F)c2)n1. The summed E-state index contributed by atoms with van der Waals surface area (Å²) < 4.78 is 37.7. The number of aromatic carboxylic acids is 1. The van der Waals surface area contributed by atoms with E-state index in [-0.39, 0.29) is 17.1 Å². The lowest BCUT2D eigenvalue weighted by Gasteiger charge is -2.08. The van der Waals surface area contributed by atoms with Crippen molar-refractivity contribution in [1.82, 2.24) is 9.97 Å². The minimum atomic E-state index is -4.47. The first-order valence-corrected chi connectivity index (χ1v) is 5.12. The summed E-state index contributed by atoms with van der Waals surface area (Å²) in [5, 5.41) is 8.77. The van der Waals surface area contributed by atoms with E-state index in [4.69, 9.17) is 5.11 Å². The first kappa shape index (κ1) is 13.0. The van der Waals surface area contributed by atoms with E-state index in [2.05, 4.69) is 9.97 Å². The quantitative estimate of drug-likeness (QED) is 0.909. The zero-order valence-electron chi connectivity index (χ0n) is 9.35. The second-order valence-electron chi connectivity index (χ2n) is 3.65. The van der Waals surface area contributed by atoms with Crippen LogP contribution in [0, 0.1) is 0 Å². The van der Waals surface area contributed by atoms with Gasteiger partial charge in [-0.1, -0.05) is 12.1 Å². The molecule has 0 bridgehead atoms. The van der Waals surface area contributed by atoms with Crippen molar-refractivity contribution in [2.24, 2.45) is 0 Å². The predicted octanol–water partition coefficient (Wildman–Crippen LogP) is 2.86. The summed E-state index contributed by atoms with van der Waals surface area (Å²) in [7, 11) is 0. The highest BCUT2D eigenvalue weighted by atomic mass is 19.4. The minimum Gasteiger partial charge on any atom is -0.477 e. The van der Waals surface area contributed by atoms with E-state index >= 15 is 0 Å². The Labute approximate surface area is 105 Å². The van der Waals surface area contributed by atoms with Crippen molar-refractivity contribution in [3.8, 4) is 11.4 Å². The van der Waals surface area contributed by atoms with Gasteiger partial charge in [0, 0.05) is 11.8 Å².